The molecule has 0 atom stereocenters. The van der Waals surface area contributed by atoms with Crippen LogP contribution in [0.4, 0.5) is 10.5 Å². The molecule has 158 valence electrons. The van der Waals surface area contributed by atoms with Crippen molar-refractivity contribution in [2.24, 2.45) is 5.10 Å². The summed E-state index contributed by atoms with van der Waals surface area (Å²) in [6.45, 7) is 2.26. The summed E-state index contributed by atoms with van der Waals surface area (Å²) in [6.07, 6.45) is 1.53. The summed E-state index contributed by atoms with van der Waals surface area (Å²) < 4.78 is 6.67. The third-order valence-electron chi connectivity index (χ3n) is 4.28. The highest BCUT2D eigenvalue weighted by Crippen LogP contribution is 2.20. The zero-order valence-electron chi connectivity index (χ0n) is 16.6. The van der Waals surface area contributed by atoms with Crippen molar-refractivity contribution in [3.05, 3.63) is 93.5 Å². The van der Waals surface area contributed by atoms with E-state index in [1.54, 1.807) is 42.5 Å². The van der Waals surface area contributed by atoms with Crippen molar-refractivity contribution in [1.29, 1.82) is 0 Å². The number of hydrazone groups is 1. The molecule has 3 aromatic rings. The Hall–Kier alpha value is -3.65. The maximum absolute atomic E-state index is 11.9. The summed E-state index contributed by atoms with van der Waals surface area (Å²) in [4.78, 5) is 22.8. The fraction of sp³-hybridized carbons (Fsp3) is 0.0870. The number of amides is 2. The molecule has 3 aromatic carbocycles. The van der Waals surface area contributed by atoms with E-state index in [0.717, 1.165) is 21.2 Å². The Balaban J connectivity index is 1.47. The molecule has 8 heteroatoms. The van der Waals surface area contributed by atoms with Crippen LogP contribution in [0.1, 0.15) is 27.0 Å². The van der Waals surface area contributed by atoms with Crippen LogP contribution < -0.4 is 15.5 Å². The Morgan fingerprint density at radius 2 is 1.77 bits per heavy atom. The number of carboxylic acid groups (broad SMARTS) is 1. The van der Waals surface area contributed by atoms with Gasteiger partial charge in [-0.3, -0.25) is 0 Å². The van der Waals surface area contributed by atoms with Crippen LogP contribution in [0.15, 0.2) is 76.3 Å². The van der Waals surface area contributed by atoms with E-state index in [1.165, 1.54) is 6.21 Å². The van der Waals surface area contributed by atoms with Crippen LogP contribution in [0, 0.1) is 6.92 Å². The number of carbonyl (C=O) groups excluding carboxylic acids is 1. The van der Waals surface area contributed by atoms with Crippen molar-refractivity contribution < 1.29 is 19.4 Å². The number of carbonyl (C=O) groups is 2. The number of rotatable bonds is 7. The smallest absolute Gasteiger partial charge is 0.339 e. The van der Waals surface area contributed by atoms with Crippen LogP contribution in [0.25, 0.3) is 0 Å². The number of hydrogen-bond donors (Lipinski definition) is 3. The van der Waals surface area contributed by atoms with Gasteiger partial charge in [-0.05, 0) is 78.2 Å². The predicted octanol–water partition coefficient (Wildman–Crippen LogP) is 5.19. The molecule has 0 aliphatic carbocycles. The second-order valence-corrected chi connectivity index (χ2v) is 7.50. The summed E-state index contributed by atoms with van der Waals surface area (Å²) in [5.41, 5.74) is 6.01. The lowest BCUT2D eigenvalue weighted by molar-refractivity contribution is 0.0696. The number of aromatic carboxylic acids is 1. The van der Waals surface area contributed by atoms with Gasteiger partial charge in [0.2, 0.25) is 0 Å². The number of halogens is 1. The lowest BCUT2D eigenvalue weighted by Gasteiger charge is -2.07. The number of benzene rings is 3. The number of hydrogen-bond acceptors (Lipinski definition) is 4. The molecule has 0 unspecified atom stereocenters. The van der Waals surface area contributed by atoms with Gasteiger partial charge in [-0.1, -0.05) is 28.1 Å². The fourth-order valence-electron chi connectivity index (χ4n) is 2.61. The molecule has 0 saturated carbocycles. The van der Waals surface area contributed by atoms with Crippen molar-refractivity contribution >= 4 is 39.8 Å². The third kappa shape index (κ3) is 6.68. The van der Waals surface area contributed by atoms with Gasteiger partial charge >= 0.3 is 12.0 Å². The van der Waals surface area contributed by atoms with Crippen molar-refractivity contribution in [3.63, 3.8) is 0 Å². The van der Waals surface area contributed by atoms with Crippen LogP contribution in [0.3, 0.4) is 0 Å². The Kier molecular flexibility index (Phi) is 7.40. The monoisotopic (exact) mass is 481 g/mol. The van der Waals surface area contributed by atoms with E-state index in [1.807, 2.05) is 31.2 Å². The van der Waals surface area contributed by atoms with Crippen molar-refractivity contribution in [2.75, 3.05) is 5.32 Å². The number of ether oxygens (including phenoxy) is 1. The average molecular weight is 482 g/mol. The molecule has 0 heterocycles. The highest BCUT2D eigenvalue weighted by Gasteiger charge is 2.03. The van der Waals surface area contributed by atoms with E-state index in [4.69, 9.17) is 9.84 Å². The Morgan fingerprint density at radius 3 is 2.42 bits per heavy atom. The molecule has 0 aromatic heterocycles. The van der Waals surface area contributed by atoms with Crippen LogP contribution in [-0.4, -0.2) is 23.3 Å². The topological polar surface area (TPSA) is 100 Å². The normalized spacial score (nSPS) is 10.6. The van der Waals surface area contributed by atoms with Gasteiger partial charge in [0.05, 0.1) is 11.8 Å². The van der Waals surface area contributed by atoms with E-state index < -0.39 is 12.0 Å². The summed E-state index contributed by atoms with van der Waals surface area (Å²) in [7, 11) is 0. The van der Waals surface area contributed by atoms with Gasteiger partial charge in [0.25, 0.3) is 0 Å². The average Bonchev–Trinajstić information content (AvgIpc) is 2.76. The summed E-state index contributed by atoms with van der Waals surface area (Å²) >= 11 is 3.42. The first-order chi connectivity index (χ1) is 14.9. The molecule has 0 radical (unpaired) electrons. The minimum atomic E-state index is -0.958. The fourth-order valence-corrected chi connectivity index (χ4v) is 2.85. The second kappa shape index (κ2) is 10.4. The SMILES string of the molecule is Cc1cc(NC(=O)N/N=C/c2ccc(OCc3ccc(C(=O)O)cc3)cc2)ccc1Br. The zero-order valence-corrected chi connectivity index (χ0v) is 18.2. The molecular formula is C23H20BrN3O4. The molecule has 3 rings (SSSR count). The zero-order chi connectivity index (χ0) is 22.2. The van der Waals surface area contributed by atoms with E-state index in [2.05, 4.69) is 31.8 Å². The third-order valence-corrected chi connectivity index (χ3v) is 5.17. The summed E-state index contributed by atoms with van der Waals surface area (Å²) in [5, 5.41) is 15.6. The van der Waals surface area contributed by atoms with Gasteiger partial charge in [-0.25, -0.2) is 15.0 Å². The molecule has 0 aliphatic rings. The van der Waals surface area contributed by atoms with E-state index in [0.29, 0.717) is 18.0 Å². The van der Waals surface area contributed by atoms with Crippen LogP contribution >= 0.6 is 15.9 Å². The highest BCUT2D eigenvalue weighted by molar-refractivity contribution is 9.10. The number of nitrogens with zero attached hydrogens (tertiary/aromatic N) is 1. The first-order valence-electron chi connectivity index (χ1n) is 9.32. The summed E-state index contributed by atoms with van der Waals surface area (Å²) in [5.74, 6) is -0.295. The van der Waals surface area contributed by atoms with Gasteiger partial charge in [0, 0.05) is 10.2 Å². The van der Waals surface area contributed by atoms with E-state index in [-0.39, 0.29) is 5.56 Å². The largest absolute Gasteiger partial charge is 0.489 e. The second-order valence-electron chi connectivity index (χ2n) is 6.65. The number of urea groups is 1. The van der Waals surface area contributed by atoms with E-state index in [9.17, 15) is 9.59 Å². The minimum Gasteiger partial charge on any atom is -0.489 e. The number of carboxylic acids is 1. The standard InChI is InChI=1S/C23H20BrN3O4/c1-15-12-19(8-11-21(15)24)26-23(30)27-25-13-16-4-9-20(10-5-16)31-14-17-2-6-18(7-3-17)22(28)29/h2-13H,14H2,1H3,(H,28,29)(H2,26,27,30)/b25-13+. The number of anilines is 1. The minimum absolute atomic E-state index is 0.238. The molecule has 0 spiro atoms. The van der Waals surface area contributed by atoms with Crippen LogP contribution in [-0.2, 0) is 6.61 Å². The Morgan fingerprint density at radius 1 is 1.06 bits per heavy atom. The molecular weight excluding hydrogens is 462 g/mol. The van der Waals surface area contributed by atoms with Gasteiger partial charge in [-0.2, -0.15) is 5.10 Å². The molecule has 7 nitrogen and oxygen atoms in total. The maximum atomic E-state index is 11.9. The maximum Gasteiger partial charge on any atom is 0.339 e. The first-order valence-corrected chi connectivity index (χ1v) is 10.1. The van der Waals surface area contributed by atoms with Gasteiger partial charge in [0.1, 0.15) is 12.4 Å². The molecule has 3 N–H and O–H groups in total. The van der Waals surface area contributed by atoms with Gasteiger partial charge in [0.15, 0.2) is 0 Å². The lowest BCUT2D eigenvalue weighted by atomic mass is 10.1. The van der Waals surface area contributed by atoms with Gasteiger partial charge < -0.3 is 15.2 Å². The van der Waals surface area contributed by atoms with Crippen molar-refractivity contribution in [3.8, 4) is 5.75 Å². The molecule has 0 bridgehead atoms. The molecule has 0 saturated heterocycles. The van der Waals surface area contributed by atoms with Crippen molar-refractivity contribution in [1.82, 2.24) is 5.43 Å². The Labute approximate surface area is 187 Å². The summed E-state index contributed by atoms with van der Waals surface area (Å²) in [6, 6.07) is 18.8. The predicted molar refractivity (Wildman–Crippen MR) is 123 cm³/mol. The molecule has 2 amide bonds. The van der Waals surface area contributed by atoms with E-state index >= 15 is 0 Å². The molecule has 0 aliphatic heterocycles. The molecule has 0 fully saturated rings. The van der Waals surface area contributed by atoms with Crippen LogP contribution in [0.5, 0.6) is 5.75 Å². The number of aryl methyl sites for hydroxylation is 1. The first kappa shape index (κ1) is 22.0. The lowest BCUT2D eigenvalue weighted by Crippen LogP contribution is -2.24. The highest BCUT2D eigenvalue weighted by atomic mass is 79.9. The Bertz CT molecular complexity index is 1100. The quantitative estimate of drug-likeness (QED) is 0.319. The number of nitrogens with one attached hydrogen (secondary N) is 2. The molecule has 31 heavy (non-hydrogen) atoms. The van der Waals surface area contributed by atoms with Gasteiger partial charge in [-0.15, -0.1) is 0 Å². The van der Waals surface area contributed by atoms with Crippen LogP contribution in [0.2, 0.25) is 0 Å². The van der Waals surface area contributed by atoms with Crippen molar-refractivity contribution in [2.45, 2.75) is 13.5 Å².